The van der Waals surface area contributed by atoms with Gasteiger partial charge < -0.3 is 23.4 Å². The second-order valence-corrected chi connectivity index (χ2v) is 11.4. The van der Waals surface area contributed by atoms with E-state index in [0.717, 1.165) is 5.56 Å². The number of epoxide rings is 1. The van der Waals surface area contributed by atoms with E-state index in [9.17, 15) is 14.4 Å². The maximum Gasteiger partial charge on any atom is 0.339 e. The summed E-state index contributed by atoms with van der Waals surface area (Å²) in [6.45, 7) is 9.24. The Labute approximate surface area is 197 Å². The number of Topliss-reactive ketones (excluding diaryl/α,β-unsaturated/α-hetero) is 1. The Balaban J connectivity index is 1.46. The highest BCUT2D eigenvalue weighted by Gasteiger charge is 2.85. The predicted molar refractivity (Wildman–Crippen MR) is 116 cm³/mol. The molecule has 0 bridgehead atoms. The van der Waals surface area contributed by atoms with Gasteiger partial charge >= 0.3 is 11.9 Å². The molecule has 8 heteroatoms. The topological polar surface area (TPSA) is 105 Å². The van der Waals surface area contributed by atoms with Crippen LogP contribution in [0.5, 0.6) is 0 Å². The van der Waals surface area contributed by atoms with Gasteiger partial charge in [0.05, 0.1) is 36.6 Å². The van der Waals surface area contributed by atoms with Crippen molar-refractivity contribution in [1.29, 1.82) is 0 Å². The van der Waals surface area contributed by atoms with Gasteiger partial charge in [-0.1, -0.05) is 26.0 Å². The Hall–Kier alpha value is -2.45. The van der Waals surface area contributed by atoms with Crippen molar-refractivity contribution in [3.05, 3.63) is 36.3 Å². The number of ether oxygens (including phenoxy) is 4. The van der Waals surface area contributed by atoms with Crippen LogP contribution in [-0.4, -0.2) is 47.2 Å². The molecule has 4 aliphatic heterocycles. The summed E-state index contributed by atoms with van der Waals surface area (Å²) >= 11 is 0. The predicted octanol–water partition coefficient (Wildman–Crippen LogP) is 3.45. The summed E-state index contributed by atoms with van der Waals surface area (Å²) in [7, 11) is 0. The number of hydrogen-bond acceptors (Lipinski definition) is 8. The number of hydrogen-bond donors (Lipinski definition) is 0. The highest BCUT2D eigenvalue weighted by atomic mass is 16.7. The minimum absolute atomic E-state index is 0.0214. The normalized spacial score (nSPS) is 48.3. The first-order valence-corrected chi connectivity index (χ1v) is 11.9. The van der Waals surface area contributed by atoms with Crippen LogP contribution in [0.2, 0.25) is 0 Å². The summed E-state index contributed by atoms with van der Waals surface area (Å²) in [4.78, 5) is 38.6. The SMILES string of the molecule is CC(=O)C12CC(C3(C)C=CCC4(C)C(c5ccoc5)OC(=O)C5OC534)OC1CC(=O)OC2(C)C. The van der Waals surface area contributed by atoms with Crippen molar-refractivity contribution >= 4 is 17.7 Å². The van der Waals surface area contributed by atoms with Gasteiger partial charge in [-0.3, -0.25) is 9.59 Å². The number of esters is 2. The molecule has 0 saturated carbocycles. The Morgan fingerprint density at radius 3 is 2.53 bits per heavy atom. The van der Waals surface area contributed by atoms with E-state index >= 15 is 0 Å². The number of ketones is 1. The quantitative estimate of drug-likeness (QED) is 0.376. The van der Waals surface area contributed by atoms with Gasteiger partial charge in [0.2, 0.25) is 0 Å². The van der Waals surface area contributed by atoms with Crippen molar-refractivity contribution in [3.63, 3.8) is 0 Å². The van der Waals surface area contributed by atoms with Crippen molar-refractivity contribution < 1.29 is 37.7 Å². The standard InChI is InChI=1S/C26H30O8/c1-14(27)25-12-17(31-16(25)11-18(28)33-22(25,2)3)23(4)8-6-9-24(5)19(15-7-10-30-13-15)32-21(29)20-26(23,24)34-20/h6-8,10,13,16-17,19-20H,9,11-12H2,1-5H3. The number of rotatable bonds is 3. The van der Waals surface area contributed by atoms with Crippen LogP contribution in [0, 0.1) is 16.2 Å². The molecule has 6 rings (SSSR count). The van der Waals surface area contributed by atoms with E-state index in [1.54, 1.807) is 33.3 Å². The number of carbonyl (C=O) groups excluding carboxylic acids is 3. The van der Waals surface area contributed by atoms with E-state index in [0.29, 0.717) is 12.8 Å². The largest absolute Gasteiger partial charge is 0.472 e. The summed E-state index contributed by atoms with van der Waals surface area (Å²) in [5.41, 5.74) is -3.42. The molecule has 0 aromatic carbocycles. The third-order valence-electron chi connectivity index (χ3n) is 9.62. The van der Waals surface area contributed by atoms with Gasteiger partial charge in [-0.05, 0) is 39.7 Å². The van der Waals surface area contributed by atoms with Crippen LogP contribution in [0.3, 0.4) is 0 Å². The average molecular weight is 471 g/mol. The van der Waals surface area contributed by atoms with Crippen molar-refractivity contribution in [2.75, 3.05) is 0 Å². The minimum Gasteiger partial charge on any atom is -0.472 e. The summed E-state index contributed by atoms with van der Waals surface area (Å²) in [5, 5.41) is 0. The monoisotopic (exact) mass is 470 g/mol. The van der Waals surface area contributed by atoms with Gasteiger partial charge in [0.25, 0.3) is 0 Å². The first-order chi connectivity index (χ1) is 15.9. The molecule has 34 heavy (non-hydrogen) atoms. The van der Waals surface area contributed by atoms with Crippen molar-refractivity contribution in [2.24, 2.45) is 16.2 Å². The Kier molecular flexibility index (Phi) is 4.15. The third-order valence-corrected chi connectivity index (χ3v) is 9.62. The van der Waals surface area contributed by atoms with E-state index < -0.39 is 57.8 Å². The van der Waals surface area contributed by atoms with Crippen molar-refractivity contribution in [2.45, 2.75) is 89.5 Å². The fourth-order valence-corrected chi connectivity index (χ4v) is 7.82. The number of furan rings is 1. The van der Waals surface area contributed by atoms with Crippen LogP contribution in [0.1, 0.15) is 65.5 Å². The van der Waals surface area contributed by atoms with E-state index in [1.165, 1.54) is 0 Å². The molecule has 1 aromatic rings. The number of fused-ring (bicyclic) bond motifs is 1. The summed E-state index contributed by atoms with van der Waals surface area (Å²) in [6, 6.07) is 1.81. The molecular weight excluding hydrogens is 440 g/mol. The smallest absolute Gasteiger partial charge is 0.339 e. The van der Waals surface area contributed by atoms with Gasteiger partial charge in [0.15, 0.2) is 6.10 Å². The van der Waals surface area contributed by atoms with E-state index in [2.05, 4.69) is 19.1 Å². The molecule has 8 atom stereocenters. The summed E-state index contributed by atoms with van der Waals surface area (Å²) in [6.07, 6.45) is 6.04. The molecule has 0 N–H and O–H groups in total. The molecule has 8 unspecified atom stereocenters. The average Bonchev–Trinajstić information content (AvgIpc) is 3.11. The highest BCUT2D eigenvalue weighted by molar-refractivity contribution is 5.88. The lowest BCUT2D eigenvalue weighted by molar-refractivity contribution is -0.201. The van der Waals surface area contributed by atoms with Gasteiger partial charge in [-0.25, -0.2) is 4.79 Å². The fourth-order valence-electron chi connectivity index (χ4n) is 7.82. The molecule has 4 fully saturated rings. The Bertz CT molecular complexity index is 1120. The number of cyclic esters (lactones) is 2. The first-order valence-electron chi connectivity index (χ1n) is 11.9. The van der Waals surface area contributed by atoms with Crippen LogP contribution in [-0.2, 0) is 33.3 Å². The molecule has 5 aliphatic rings. The van der Waals surface area contributed by atoms with E-state index in [-0.39, 0.29) is 18.2 Å². The van der Waals surface area contributed by atoms with Crippen LogP contribution in [0.25, 0.3) is 0 Å². The molecule has 4 saturated heterocycles. The van der Waals surface area contributed by atoms with Gasteiger partial charge in [0, 0.05) is 16.4 Å². The lowest BCUT2D eigenvalue weighted by atomic mass is 9.50. The third kappa shape index (κ3) is 2.29. The lowest BCUT2D eigenvalue weighted by Gasteiger charge is -2.54. The molecule has 8 nitrogen and oxygen atoms in total. The van der Waals surface area contributed by atoms with Gasteiger partial charge in [0.1, 0.15) is 23.1 Å². The van der Waals surface area contributed by atoms with E-state index in [1.807, 2.05) is 13.0 Å². The maximum atomic E-state index is 13.1. The molecule has 1 aliphatic carbocycles. The zero-order valence-corrected chi connectivity index (χ0v) is 20.1. The summed E-state index contributed by atoms with van der Waals surface area (Å²) < 4.78 is 29.8. The molecule has 182 valence electrons. The Morgan fingerprint density at radius 1 is 1.09 bits per heavy atom. The Morgan fingerprint density at radius 2 is 1.85 bits per heavy atom. The second kappa shape index (κ2) is 6.40. The molecule has 1 spiro atoms. The highest BCUT2D eigenvalue weighted by Crippen LogP contribution is 2.74. The maximum absolute atomic E-state index is 13.1. The van der Waals surface area contributed by atoms with Crippen molar-refractivity contribution in [3.8, 4) is 0 Å². The zero-order chi connectivity index (χ0) is 24.3. The molecular formula is C26H30O8. The second-order valence-electron chi connectivity index (χ2n) is 11.4. The molecule has 0 amide bonds. The summed E-state index contributed by atoms with van der Waals surface area (Å²) in [5.74, 6) is -0.837. The van der Waals surface area contributed by atoms with E-state index in [4.69, 9.17) is 23.4 Å². The van der Waals surface area contributed by atoms with Gasteiger partial charge in [-0.2, -0.15) is 0 Å². The first kappa shape index (κ1) is 22.0. The number of carbonyl (C=O) groups is 3. The van der Waals surface area contributed by atoms with Crippen LogP contribution < -0.4 is 0 Å². The minimum atomic E-state index is -1.02. The van der Waals surface area contributed by atoms with Crippen LogP contribution in [0.4, 0.5) is 0 Å². The number of allylic oxidation sites excluding steroid dienone is 1. The molecule has 1 aromatic heterocycles. The lowest BCUT2D eigenvalue weighted by Crippen LogP contribution is -2.62. The van der Waals surface area contributed by atoms with Crippen LogP contribution >= 0.6 is 0 Å². The van der Waals surface area contributed by atoms with Crippen LogP contribution in [0.15, 0.2) is 35.2 Å². The molecule has 5 heterocycles. The van der Waals surface area contributed by atoms with Crippen molar-refractivity contribution in [1.82, 2.24) is 0 Å². The fraction of sp³-hybridized carbons (Fsp3) is 0.654. The zero-order valence-electron chi connectivity index (χ0n) is 20.1. The molecule has 0 radical (unpaired) electrons. The van der Waals surface area contributed by atoms with Gasteiger partial charge in [-0.15, -0.1) is 0 Å².